The summed E-state index contributed by atoms with van der Waals surface area (Å²) in [5.41, 5.74) is 0. The molecule has 5 heteroatoms. The maximum absolute atomic E-state index is 11.3. The van der Waals surface area contributed by atoms with Gasteiger partial charge >= 0.3 is 0 Å². The third-order valence-electron chi connectivity index (χ3n) is 2.61. The van der Waals surface area contributed by atoms with E-state index in [-0.39, 0.29) is 18.1 Å². The van der Waals surface area contributed by atoms with Crippen LogP contribution in [-0.2, 0) is 14.3 Å². The molecule has 2 heterocycles. The van der Waals surface area contributed by atoms with E-state index >= 15 is 0 Å². The van der Waals surface area contributed by atoms with Crippen molar-refractivity contribution in [1.82, 2.24) is 5.32 Å². The molecule has 0 radical (unpaired) electrons. The Hall–Kier alpha value is -0.650. The van der Waals surface area contributed by atoms with Crippen molar-refractivity contribution in [3.8, 4) is 0 Å². The minimum Gasteiger partial charge on any atom is -0.380 e. The molecule has 4 atom stereocenters. The van der Waals surface area contributed by atoms with Gasteiger partial charge in [-0.15, -0.1) is 0 Å². The van der Waals surface area contributed by atoms with E-state index in [0.717, 1.165) is 0 Å². The van der Waals surface area contributed by atoms with Crippen molar-refractivity contribution >= 4 is 5.91 Å². The Bertz CT molecular complexity index is 266. The zero-order valence-electron chi connectivity index (χ0n) is 8.48. The normalized spacial score (nSPS) is 45.9. The van der Waals surface area contributed by atoms with Gasteiger partial charge in [-0.3, -0.25) is 4.79 Å². The smallest absolute Gasteiger partial charge is 0.251 e. The zero-order chi connectivity index (χ0) is 10.5. The van der Waals surface area contributed by atoms with E-state index in [1.54, 1.807) is 13.8 Å². The van der Waals surface area contributed by atoms with Crippen molar-refractivity contribution < 1.29 is 19.4 Å². The summed E-state index contributed by atoms with van der Waals surface area (Å²) in [5.74, 6) is -1.11. The molecule has 0 bridgehead atoms. The Morgan fingerprint density at radius 3 is 2.57 bits per heavy atom. The van der Waals surface area contributed by atoms with E-state index in [9.17, 15) is 9.90 Å². The quantitative estimate of drug-likeness (QED) is 0.548. The van der Waals surface area contributed by atoms with Gasteiger partial charge in [-0.1, -0.05) is 0 Å². The predicted octanol–water partition coefficient (Wildman–Crippen LogP) is -0.614. The van der Waals surface area contributed by atoms with Gasteiger partial charge in [-0.05, 0) is 20.8 Å². The molecule has 2 N–H and O–H groups in total. The highest BCUT2D eigenvalue weighted by atomic mass is 16.8. The lowest BCUT2D eigenvalue weighted by Gasteiger charge is -2.32. The topological polar surface area (TPSA) is 67.8 Å². The Labute approximate surface area is 82.4 Å². The molecule has 0 unspecified atom stereocenters. The fraction of sp³-hybridized carbons (Fsp3) is 0.889. The first-order valence-corrected chi connectivity index (χ1v) is 4.75. The number of hydrogen-bond donors (Lipinski definition) is 2. The maximum atomic E-state index is 11.3. The Morgan fingerprint density at radius 1 is 1.36 bits per heavy atom. The Kier molecular flexibility index (Phi) is 2.06. The van der Waals surface area contributed by atoms with Gasteiger partial charge in [0.05, 0.1) is 6.04 Å². The minimum atomic E-state index is -1.13. The standard InChI is InChI=1S/C9H15NO4/c1-4-6-7(5(11)8(12)10-4)14-9(2,3)13-6/h4-7,11H,1-3H3,(H,10,12)/t4-,5-,6+,7-/m0/s1. The van der Waals surface area contributed by atoms with Crippen LogP contribution in [-0.4, -0.2) is 41.2 Å². The average molecular weight is 201 g/mol. The lowest BCUT2D eigenvalue weighted by atomic mass is 9.97. The highest BCUT2D eigenvalue weighted by Gasteiger charge is 2.52. The Morgan fingerprint density at radius 2 is 1.93 bits per heavy atom. The minimum absolute atomic E-state index is 0.127. The second-order valence-corrected chi connectivity index (χ2v) is 4.31. The van der Waals surface area contributed by atoms with E-state index in [1.807, 2.05) is 6.92 Å². The van der Waals surface area contributed by atoms with Gasteiger partial charge in [0.25, 0.3) is 5.91 Å². The monoisotopic (exact) mass is 201 g/mol. The first kappa shape index (κ1) is 9.89. The predicted molar refractivity (Wildman–Crippen MR) is 47.4 cm³/mol. The summed E-state index contributed by atoms with van der Waals surface area (Å²) in [4.78, 5) is 11.3. The molecular formula is C9H15NO4. The zero-order valence-corrected chi connectivity index (χ0v) is 8.48. The number of fused-ring (bicyclic) bond motifs is 1. The van der Waals surface area contributed by atoms with E-state index < -0.39 is 18.0 Å². The van der Waals surface area contributed by atoms with Crippen molar-refractivity contribution in [2.24, 2.45) is 0 Å². The molecular weight excluding hydrogens is 186 g/mol. The van der Waals surface area contributed by atoms with Crippen molar-refractivity contribution in [1.29, 1.82) is 0 Å². The van der Waals surface area contributed by atoms with E-state index in [0.29, 0.717) is 0 Å². The number of rotatable bonds is 0. The van der Waals surface area contributed by atoms with Gasteiger partial charge in [0.15, 0.2) is 11.9 Å². The average Bonchev–Trinajstić information content (AvgIpc) is 2.38. The molecule has 1 amide bonds. The highest BCUT2D eigenvalue weighted by molar-refractivity contribution is 5.82. The third-order valence-corrected chi connectivity index (χ3v) is 2.61. The van der Waals surface area contributed by atoms with Gasteiger partial charge in [0, 0.05) is 0 Å². The molecule has 2 rings (SSSR count). The first-order chi connectivity index (χ1) is 6.41. The number of ether oxygens (including phenoxy) is 2. The largest absolute Gasteiger partial charge is 0.380 e. The molecule has 0 aromatic rings. The second-order valence-electron chi connectivity index (χ2n) is 4.31. The maximum Gasteiger partial charge on any atom is 0.251 e. The number of carbonyl (C=O) groups excluding carboxylic acids is 1. The lowest BCUT2D eigenvalue weighted by molar-refractivity contribution is -0.157. The van der Waals surface area contributed by atoms with Gasteiger partial charge in [0.1, 0.15) is 12.2 Å². The summed E-state index contributed by atoms with van der Waals surface area (Å²) < 4.78 is 11.1. The number of amides is 1. The van der Waals surface area contributed by atoms with Crippen molar-refractivity contribution in [2.75, 3.05) is 0 Å². The van der Waals surface area contributed by atoms with Crippen molar-refractivity contribution in [3.05, 3.63) is 0 Å². The summed E-state index contributed by atoms with van der Waals surface area (Å²) in [6.45, 7) is 5.39. The molecule has 0 aromatic carbocycles. The first-order valence-electron chi connectivity index (χ1n) is 4.75. The molecule has 5 nitrogen and oxygen atoms in total. The van der Waals surface area contributed by atoms with E-state index in [2.05, 4.69) is 5.32 Å². The molecule has 2 saturated heterocycles. The molecule has 0 aromatic heterocycles. The van der Waals surface area contributed by atoms with Crippen LogP contribution < -0.4 is 5.32 Å². The van der Waals surface area contributed by atoms with Crippen molar-refractivity contribution in [3.63, 3.8) is 0 Å². The summed E-state index contributed by atoms with van der Waals surface area (Å²) >= 11 is 0. The SMILES string of the molecule is C[C@@H]1NC(=O)[C@@H](O)[C@@H]2OC(C)(C)O[C@@H]21. The van der Waals surface area contributed by atoms with Crippen LogP contribution in [0.2, 0.25) is 0 Å². The molecule has 0 spiro atoms. The van der Waals surface area contributed by atoms with Crippen LogP contribution in [0.15, 0.2) is 0 Å². The van der Waals surface area contributed by atoms with Crippen LogP contribution in [0.5, 0.6) is 0 Å². The molecule has 2 aliphatic heterocycles. The Balaban J connectivity index is 2.22. The number of nitrogens with one attached hydrogen (secondary N) is 1. The van der Waals surface area contributed by atoms with Crippen LogP contribution in [0.3, 0.4) is 0 Å². The molecule has 0 aliphatic carbocycles. The number of hydrogen-bond acceptors (Lipinski definition) is 4. The van der Waals surface area contributed by atoms with E-state index in [1.165, 1.54) is 0 Å². The fourth-order valence-electron chi connectivity index (χ4n) is 1.99. The molecule has 2 aliphatic rings. The van der Waals surface area contributed by atoms with Gasteiger partial charge < -0.3 is 19.9 Å². The van der Waals surface area contributed by atoms with Crippen LogP contribution in [0.1, 0.15) is 20.8 Å². The van der Waals surface area contributed by atoms with Crippen molar-refractivity contribution in [2.45, 2.75) is 50.9 Å². The summed E-state index contributed by atoms with van der Waals surface area (Å²) in [7, 11) is 0. The molecule has 80 valence electrons. The van der Waals surface area contributed by atoms with Gasteiger partial charge in [0.2, 0.25) is 0 Å². The lowest BCUT2D eigenvalue weighted by Crippen LogP contribution is -2.60. The molecule has 14 heavy (non-hydrogen) atoms. The summed E-state index contributed by atoms with van der Waals surface area (Å²) in [5, 5.41) is 12.2. The van der Waals surface area contributed by atoms with Gasteiger partial charge in [-0.2, -0.15) is 0 Å². The molecule has 2 fully saturated rings. The number of carbonyl (C=O) groups is 1. The number of piperidine rings is 1. The third kappa shape index (κ3) is 1.41. The van der Waals surface area contributed by atoms with Crippen LogP contribution in [0, 0.1) is 0 Å². The second kappa shape index (κ2) is 2.92. The van der Waals surface area contributed by atoms with Gasteiger partial charge in [-0.25, -0.2) is 0 Å². The number of aliphatic hydroxyl groups is 1. The fourth-order valence-corrected chi connectivity index (χ4v) is 1.99. The number of aliphatic hydroxyl groups excluding tert-OH is 1. The van der Waals surface area contributed by atoms with Crippen LogP contribution >= 0.6 is 0 Å². The van der Waals surface area contributed by atoms with Crippen LogP contribution in [0.4, 0.5) is 0 Å². The molecule has 0 saturated carbocycles. The van der Waals surface area contributed by atoms with Crippen LogP contribution in [0.25, 0.3) is 0 Å². The summed E-state index contributed by atoms with van der Waals surface area (Å²) in [6.07, 6.45) is -1.94. The van der Waals surface area contributed by atoms with E-state index in [4.69, 9.17) is 9.47 Å². The summed E-state index contributed by atoms with van der Waals surface area (Å²) in [6, 6.07) is -0.127. The highest BCUT2D eigenvalue weighted by Crippen LogP contribution is 2.33.